The van der Waals surface area contributed by atoms with E-state index in [1.165, 1.54) is 11.0 Å². The van der Waals surface area contributed by atoms with Crippen molar-refractivity contribution in [1.29, 1.82) is 5.26 Å². The fraction of sp³-hybridized carbons (Fsp3) is 0.190. The molecule has 0 spiro atoms. The number of hydrogen-bond acceptors (Lipinski definition) is 6. The number of carbonyl (C=O) groups excluding carboxylic acids is 2. The van der Waals surface area contributed by atoms with Crippen LogP contribution in [0.3, 0.4) is 0 Å². The first-order chi connectivity index (χ1) is 13.7. The Bertz CT molecular complexity index is 918. The third-order valence-corrected chi connectivity index (χ3v) is 3.91. The Morgan fingerprint density at radius 3 is 2.61 bits per heavy atom. The Balaban J connectivity index is 1.56. The average Bonchev–Trinajstić information content (AvgIpc) is 2.74. The SMILES string of the molecule is N#CCN(C(=O)COC(=O)/C=C/c1ccc2c(c1)OCCO2)c1ccccc1. The summed E-state index contributed by atoms with van der Waals surface area (Å²) in [6.07, 6.45) is 2.80. The fourth-order valence-corrected chi connectivity index (χ4v) is 2.59. The van der Waals surface area contributed by atoms with Crippen LogP contribution < -0.4 is 14.4 Å². The van der Waals surface area contributed by atoms with Gasteiger partial charge in [-0.3, -0.25) is 9.69 Å². The number of ether oxygens (including phenoxy) is 3. The molecule has 1 amide bonds. The van der Waals surface area contributed by atoms with Crippen LogP contribution in [0.25, 0.3) is 6.08 Å². The molecule has 7 nitrogen and oxygen atoms in total. The third kappa shape index (κ3) is 4.89. The van der Waals surface area contributed by atoms with Gasteiger partial charge in [-0.25, -0.2) is 4.79 Å². The molecular formula is C21H18N2O5. The number of hydrogen-bond donors (Lipinski definition) is 0. The molecule has 142 valence electrons. The van der Waals surface area contributed by atoms with E-state index in [0.717, 1.165) is 5.56 Å². The van der Waals surface area contributed by atoms with Crippen molar-refractivity contribution in [2.75, 3.05) is 31.3 Å². The zero-order valence-corrected chi connectivity index (χ0v) is 15.0. The van der Waals surface area contributed by atoms with Gasteiger partial charge >= 0.3 is 5.97 Å². The number of rotatable bonds is 6. The van der Waals surface area contributed by atoms with Gasteiger partial charge in [0.1, 0.15) is 19.8 Å². The molecule has 7 heteroatoms. The molecule has 0 unspecified atom stereocenters. The zero-order chi connectivity index (χ0) is 19.8. The van der Waals surface area contributed by atoms with E-state index < -0.39 is 18.5 Å². The summed E-state index contributed by atoms with van der Waals surface area (Å²) in [5.41, 5.74) is 1.31. The van der Waals surface area contributed by atoms with Crippen molar-refractivity contribution in [3.8, 4) is 17.6 Å². The second kappa shape index (κ2) is 9.24. The van der Waals surface area contributed by atoms with Gasteiger partial charge in [0, 0.05) is 11.8 Å². The van der Waals surface area contributed by atoms with Gasteiger partial charge in [-0.1, -0.05) is 24.3 Å². The molecule has 1 aliphatic rings. The number of carbonyl (C=O) groups is 2. The second-order valence-corrected chi connectivity index (χ2v) is 5.82. The van der Waals surface area contributed by atoms with Crippen LogP contribution in [0, 0.1) is 11.3 Å². The van der Waals surface area contributed by atoms with Crippen LogP contribution in [0.5, 0.6) is 11.5 Å². The van der Waals surface area contributed by atoms with Crippen molar-refractivity contribution in [3.63, 3.8) is 0 Å². The van der Waals surface area contributed by atoms with E-state index in [4.69, 9.17) is 19.5 Å². The molecule has 0 radical (unpaired) electrons. The summed E-state index contributed by atoms with van der Waals surface area (Å²) in [6, 6.07) is 16.0. The number of nitrogens with zero attached hydrogens (tertiary/aromatic N) is 2. The molecule has 0 bridgehead atoms. The van der Waals surface area contributed by atoms with Crippen LogP contribution in [-0.4, -0.2) is 38.2 Å². The molecule has 0 atom stereocenters. The summed E-state index contributed by atoms with van der Waals surface area (Å²) in [4.78, 5) is 25.5. The van der Waals surface area contributed by atoms with Gasteiger partial charge in [0.2, 0.25) is 0 Å². The van der Waals surface area contributed by atoms with Crippen LogP contribution in [0.2, 0.25) is 0 Å². The predicted octanol–water partition coefficient (Wildman–Crippen LogP) is 2.57. The van der Waals surface area contributed by atoms with E-state index >= 15 is 0 Å². The fourth-order valence-electron chi connectivity index (χ4n) is 2.59. The van der Waals surface area contributed by atoms with E-state index in [2.05, 4.69) is 0 Å². The van der Waals surface area contributed by atoms with Gasteiger partial charge in [0.15, 0.2) is 18.1 Å². The highest BCUT2D eigenvalue weighted by molar-refractivity contribution is 5.96. The summed E-state index contributed by atoms with van der Waals surface area (Å²) < 4.78 is 15.9. The van der Waals surface area contributed by atoms with Gasteiger partial charge in [0.05, 0.1) is 6.07 Å². The highest BCUT2D eigenvalue weighted by Gasteiger charge is 2.16. The molecule has 0 fully saturated rings. The molecule has 28 heavy (non-hydrogen) atoms. The molecule has 3 rings (SSSR count). The van der Waals surface area contributed by atoms with Crippen molar-refractivity contribution in [2.24, 2.45) is 0 Å². The summed E-state index contributed by atoms with van der Waals surface area (Å²) in [5, 5.41) is 8.94. The summed E-state index contributed by atoms with van der Waals surface area (Å²) in [7, 11) is 0. The first-order valence-electron chi connectivity index (χ1n) is 8.64. The van der Waals surface area contributed by atoms with Crippen LogP contribution >= 0.6 is 0 Å². The maximum Gasteiger partial charge on any atom is 0.331 e. The van der Waals surface area contributed by atoms with E-state index in [9.17, 15) is 9.59 Å². The quantitative estimate of drug-likeness (QED) is 0.436. The highest BCUT2D eigenvalue weighted by atomic mass is 16.6. The van der Waals surface area contributed by atoms with Crippen molar-refractivity contribution < 1.29 is 23.8 Å². The molecule has 0 saturated carbocycles. The van der Waals surface area contributed by atoms with Crippen LogP contribution in [-0.2, 0) is 14.3 Å². The minimum atomic E-state index is -0.659. The number of benzene rings is 2. The van der Waals surface area contributed by atoms with Gasteiger partial charge in [0.25, 0.3) is 5.91 Å². The zero-order valence-electron chi connectivity index (χ0n) is 15.0. The Morgan fingerprint density at radius 1 is 1.11 bits per heavy atom. The standard InChI is InChI=1S/C21H18N2O5/c22-10-11-23(17-4-2-1-3-5-17)20(24)15-28-21(25)9-7-16-6-8-18-19(14-16)27-13-12-26-18/h1-9,14H,11-13,15H2/b9-7+. The summed E-state index contributed by atoms with van der Waals surface area (Å²) in [5.74, 6) is 0.143. The van der Waals surface area contributed by atoms with Gasteiger partial charge < -0.3 is 14.2 Å². The van der Waals surface area contributed by atoms with Crippen molar-refractivity contribution in [1.82, 2.24) is 0 Å². The van der Waals surface area contributed by atoms with Crippen LogP contribution in [0.15, 0.2) is 54.6 Å². The molecule has 2 aromatic carbocycles. The van der Waals surface area contributed by atoms with Gasteiger partial charge in [-0.05, 0) is 35.9 Å². The first-order valence-corrected chi connectivity index (χ1v) is 8.64. The van der Waals surface area contributed by atoms with Crippen molar-refractivity contribution >= 4 is 23.6 Å². The molecular weight excluding hydrogens is 360 g/mol. The Kier molecular flexibility index (Phi) is 6.26. The summed E-state index contributed by atoms with van der Waals surface area (Å²) in [6.45, 7) is 0.396. The second-order valence-electron chi connectivity index (χ2n) is 5.82. The third-order valence-electron chi connectivity index (χ3n) is 3.91. The largest absolute Gasteiger partial charge is 0.486 e. The number of nitriles is 1. The first kappa shape index (κ1) is 19.0. The molecule has 0 N–H and O–H groups in total. The van der Waals surface area contributed by atoms with Crippen LogP contribution in [0.1, 0.15) is 5.56 Å². The highest BCUT2D eigenvalue weighted by Crippen LogP contribution is 2.31. The molecule has 0 aliphatic carbocycles. The Hall–Kier alpha value is -3.79. The van der Waals surface area contributed by atoms with Crippen molar-refractivity contribution in [3.05, 3.63) is 60.2 Å². The van der Waals surface area contributed by atoms with Gasteiger partial charge in [-0.15, -0.1) is 0 Å². The van der Waals surface area contributed by atoms with E-state index in [1.807, 2.05) is 6.07 Å². The molecule has 1 heterocycles. The predicted molar refractivity (Wildman–Crippen MR) is 102 cm³/mol. The lowest BCUT2D eigenvalue weighted by molar-refractivity contribution is -0.142. The average molecular weight is 378 g/mol. The van der Waals surface area contributed by atoms with Crippen molar-refractivity contribution in [2.45, 2.75) is 0 Å². The van der Waals surface area contributed by atoms with E-state index in [1.54, 1.807) is 54.6 Å². The molecule has 2 aromatic rings. The van der Waals surface area contributed by atoms with E-state index in [0.29, 0.717) is 30.4 Å². The van der Waals surface area contributed by atoms with Crippen LogP contribution in [0.4, 0.5) is 5.69 Å². The minimum absolute atomic E-state index is 0.132. The molecule has 1 aliphatic heterocycles. The lowest BCUT2D eigenvalue weighted by Gasteiger charge is -2.19. The minimum Gasteiger partial charge on any atom is -0.486 e. The number of anilines is 1. The smallest absolute Gasteiger partial charge is 0.331 e. The Morgan fingerprint density at radius 2 is 1.86 bits per heavy atom. The molecule has 0 saturated heterocycles. The Labute approximate surface area is 162 Å². The number of esters is 1. The molecule has 0 aromatic heterocycles. The summed E-state index contributed by atoms with van der Waals surface area (Å²) >= 11 is 0. The lowest BCUT2D eigenvalue weighted by Crippen LogP contribution is -2.34. The monoisotopic (exact) mass is 378 g/mol. The van der Waals surface area contributed by atoms with E-state index in [-0.39, 0.29) is 6.54 Å². The lowest BCUT2D eigenvalue weighted by atomic mass is 10.2. The topological polar surface area (TPSA) is 88.9 Å². The van der Waals surface area contributed by atoms with Gasteiger partial charge in [-0.2, -0.15) is 5.26 Å². The number of para-hydroxylation sites is 1. The normalized spacial score (nSPS) is 12.2. The number of amides is 1. The number of fused-ring (bicyclic) bond motifs is 1. The maximum absolute atomic E-state index is 12.3. The maximum atomic E-state index is 12.3.